The van der Waals surface area contributed by atoms with E-state index in [2.05, 4.69) is 26.1 Å². The lowest BCUT2D eigenvalue weighted by Gasteiger charge is -2.34. The monoisotopic (exact) mass is 271 g/mol. The zero-order chi connectivity index (χ0) is 14.5. The van der Waals surface area contributed by atoms with Crippen molar-refractivity contribution in [1.29, 1.82) is 0 Å². The summed E-state index contributed by atoms with van der Waals surface area (Å²) in [7, 11) is 0. The second kappa shape index (κ2) is 7.25. The number of aliphatic hydroxyl groups is 1. The molecule has 1 amide bonds. The average molecular weight is 271 g/mol. The summed E-state index contributed by atoms with van der Waals surface area (Å²) in [4.78, 5) is 11.7. The van der Waals surface area contributed by atoms with Gasteiger partial charge in [0.2, 0.25) is 5.91 Å². The van der Waals surface area contributed by atoms with E-state index in [9.17, 15) is 9.90 Å². The second-order valence-corrected chi connectivity index (χ2v) is 6.84. The number of hydrogen-bond donors (Lipinski definition) is 2. The van der Waals surface area contributed by atoms with Crippen molar-refractivity contribution in [3.8, 4) is 0 Å². The Labute approximate surface area is 116 Å². The first-order valence-corrected chi connectivity index (χ1v) is 7.36. The van der Waals surface area contributed by atoms with Crippen molar-refractivity contribution < 1.29 is 14.6 Å². The van der Waals surface area contributed by atoms with Gasteiger partial charge in [0.05, 0.1) is 12.2 Å². The summed E-state index contributed by atoms with van der Waals surface area (Å²) >= 11 is 0. The Balaban J connectivity index is 2.09. The van der Waals surface area contributed by atoms with Gasteiger partial charge in [0.25, 0.3) is 0 Å². The average Bonchev–Trinajstić information content (AvgIpc) is 2.21. The van der Waals surface area contributed by atoms with Gasteiger partial charge in [-0.15, -0.1) is 0 Å². The Morgan fingerprint density at radius 1 is 1.42 bits per heavy atom. The minimum absolute atomic E-state index is 0.0490. The first-order valence-electron chi connectivity index (χ1n) is 7.36. The van der Waals surface area contributed by atoms with Crippen LogP contribution < -0.4 is 5.32 Å². The van der Waals surface area contributed by atoms with Gasteiger partial charge in [0.15, 0.2) is 0 Å². The van der Waals surface area contributed by atoms with Crippen molar-refractivity contribution >= 4 is 5.91 Å². The highest BCUT2D eigenvalue weighted by Gasteiger charge is 2.31. The molecule has 0 aromatic rings. The summed E-state index contributed by atoms with van der Waals surface area (Å²) in [5.74, 6) is 0.504. The van der Waals surface area contributed by atoms with Crippen LogP contribution in [0.5, 0.6) is 0 Å². The Hall–Kier alpha value is -0.610. The summed E-state index contributed by atoms with van der Waals surface area (Å²) in [6.45, 7) is 9.36. The molecule has 1 fully saturated rings. The largest absolute Gasteiger partial charge is 0.391 e. The lowest BCUT2D eigenvalue weighted by Crippen LogP contribution is -2.38. The van der Waals surface area contributed by atoms with Gasteiger partial charge in [-0.1, -0.05) is 20.8 Å². The lowest BCUT2D eigenvalue weighted by molar-refractivity contribution is -0.124. The van der Waals surface area contributed by atoms with Crippen LogP contribution >= 0.6 is 0 Å². The number of hydrogen-bond acceptors (Lipinski definition) is 3. The van der Waals surface area contributed by atoms with Gasteiger partial charge < -0.3 is 15.2 Å². The van der Waals surface area contributed by atoms with E-state index in [-0.39, 0.29) is 11.3 Å². The number of nitrogens with one attached hydrogen (secondary N) is 1. The molecule has 112 valence electrons. The molecule has 1 saturated carbocycles. The third kappa shape index (κ3) is 6.92. The quantitative estimate of drug-likeness (QED) is 0.745. The zero-order valence-electron chi connectivity index (χ0n) is 12.7. The Morgan fingerprint density at radius 2 is 2.05 bits per heavy atom. The van der Waals surface area contributed by atoms with Crippen molar-refractivity contribution in [3.63, 3.8) is 0 Å². The van der Waals surface area contributed by atoms with Crippen LogP contribution in [0.3, 0.4) is 0 Å². The molecule has 19 heavy (non-hydrogen) atoms. The van der Waals surface area contributed by atoms with Crippen LogP contribution in [-0.2, 0) is 9.53 Å². The van der Waals surface area contributed by atoms with E-state index in [1.807, 2.05) is 6.92 Å². The number of carbonyl (C=O) groups excluding carboxylic acids is 1. The van der Waals surface area contributed by atoms with Crippen molar-refractivity contribution in [2.45, 2.75) is 65.6 Å². The standard InChI is InChI=1S/C15H29NO3/c1-5-19-13-6-11(7-13)8-14(18)16-10-12(17)9-15(2,3)4/h11-13,17H,5-10H2,1-4H3,(H,16,18). The lowest BCUT2D eigenvalue weighted by atomic mass is 9.80. The molecule has 0 spiro atoms. The molecule has 0 radical (unpaired) electrons. The van der Waals surface area contributed by atoms with Crippen molar-refractivity contribution in [1.82, 2.24) is 5.32 Å². The number of rotatable bonds is 7. The number of carbonyl (C=O) groups is 1. The van der Waals surface area contributed by atoms with E-state index in [1.165, 1.54) is 0 Å². The summed E-state index contributed by atoms with van der Waals surface area (Å²) in [5, 5.41) is 12.6. The molecule has 4 heteroatoms. The van der Waals surface area contributed by atoms with Crippen LogP contribution in [0.2, 0.25) is 0 Å². The third-order valence-electron chi connectivity index (χ3n) is 3.45. The van der Waals surface area contributed by atoms with E-state index >= 15 is 0 Å². The highest BCUT2D eigenvalue weighted by atomic mass is 16.5. The van der Waals surface area contributed by atoms with Crippen LogP contribution in [0.1, 0.15) is 53.4 Å². The molecule has 1 atom stereocenters. The van der Waals surface area contributed by atoms with Crippen molar-refractivity contribution in [3.05, 3.63) is 0 Å². The predicted octanol–water partition coefficient (Wildman–Crippen LogP) is 2.10. The summed E-state index contributed by atoms with van der Waals surface area (Å²) in [5.41, 5.74) is 0.0861. The van der Waals surface area contributed by atoms with Crippen LogP contribution in [0.15, 0.2) is 0 Å². The fourth-order valence-corrected chi connectivity index (χ4v) is 2.56. The molecule has 0 aliphatic heterocycles. The third-order valence-corrected chi connectivity index (χ3v) is 3.45. The van der Waals surface area contributed by atoms with Crippen LogP contribution in [0.25, 0.3) is 0 Å². The minimum atomic E-state index is -0.457. The van der Waals surface area contributed by atoms with Gasteiger partial charge in [-0.2, -0.15) is 0 Å². The van der Waals surface area contributed by atoms with Gasteiger partial charge in [0, 0.05) is 19.6 Å². The molecule has 1 aliphatic carbocycles. The zero-order valence-corrected chi connectivity index (χ0v) is 12.7. The maximum atomic E-state index is 11.7. The molecular formula is C15H29NO3. The summed E-state index contributed by atoms with van der Waals surface area (Å²) in [6, 6.07) is 0. The van der Waals surface area contributed by atoms with Gasteiger partial charge in [0.1, 0.15) is 0 Å². The van der Waals surface area contributed by atoms with Crippen LogP contribution in [0, 0.1) is 11.3 Å². The second-order valence-electron chi connectivity index (χ2n) is 6.84. The Bertz CT molecular complexity index is 280. The van der Waals surface area contributed by atoms with Gasteiger partial charge in [-0.25, -0.2) is 0 Å². The van der Waals surface area contributed by atoms with Crippen LogP contribution in [0.4, 0.5) is 0 Å². The normalized spacial score (nSPS) is 24.7. The predicted molar refractivity (Wildman–Crippen MR) is 75.8 cm³/mol. The molecule has 0 heterocycles. The molecule has 0 aromatic carbocycles. The fraction of sp³-hybridized carbons (Fsp3) is 0.933. The molecule has 0 aromatic heterocycles. The van der Waals surface area contributed by atoms with Gasteiger partial charge in [-0.05, 0) is 37.5 Å². The number of ether oxygens (including phenoxy) is 1. The maximum absolute atomic E-state index is 11.7. The van der Waals surface area contributed by atoms with Crippen molar-refractivity contribution in [2.75, 3.05) is 13.2 Å². The van der Waals surface area contributed by atoms with E-state index in [0.29, 0.717) is 31.4 Å². The number of amides is 1. The smallest absolute Gasteiger partial charge is 0.220 e. The highest BCUT2D eigenvalue weighted by molar-refractivity contribution is 5.76. The Morgan fingerprint density at radius 3 is 2.58 bits per heavy atom. The molecule has 2 N–H and O–H groups in total. The van der Waals surface area contributed by atoms with E-state index in [0.717, 1.165) is 19.4 Å². The molecule has 0 saturated heterocycles. The summed E-state index contributed by atoms with van der Waals surface area (Å²) < 4.78 is 5.47. The maximum Gasteiger partial charge on any atom is 0.220 e. The first-order chi connectivity index (χ1) is 8.80. The van der Waals surface area contributed by atoms with Crippen molar-refractivity contribution in [2.24, 2.45) is 11.3 Å². The molecule has 1 unspecified atom stereocenters. The number of aliphatic hydroxyl groups excluding tert-OH is 1. The molecule has 1 aliphatic rings. The molecule has 0 bridgehead atoms. The van der Waals surface area contributed by atoms with E-state index in [4.69, 9.17) is 4.74 Å². The van der Waals surface area contributed by atoms with Crippen LogP contribution in [-0.4, -0.2) is 36.4 Å². The Kier molecular flexibility index (Phi) is 6.27. The summed E-state index contributed by atoms with van der Waals surface area (Å²) in [6.07, 6.45) is 3.14. The van der Waals surface area contributed by atoms with Gasteiger partial charge in [-0.3, -0.25) is 4.79 Å². The molecule has 4 nitrogen and oxygen atoms in total. The topological polar surface area (TPSA) is 58.6 Å². The molecular weight excluding hydrogens is 242 g/mol. The highest BCUT2D eigenvalue weighted by Crippen LogP contribution is 2.32. The minimum Gasteiger partial charge on any atom is -0.391 e. The molecule has 1 rings (SSSR count). The first kappa shape index (κ1) is 16.4. The SMILES string of the molecule is CCOC1CC(CC(=O)NCC(O)CC(C)(C)C)C1. The fourth-order valence-electron chi connectivity index (χ4n) is 2.56. The van der Waals surface area contributed by atoms with Gasteiger partial charge >= 0.3 is 0 Å². The van der Waals surface area contributed by atoms with E-state index < -0.39 is 6.10 Å². The van der Waals surface area contributed by atoms with E-state index in [1.54, 1.807) is 0 Å².